The second-order valence-electron chi connectivity index (χ2n) is 15.5. The number of likely N-dealkylation sites (N-methyl/N-ethyl adjacent to an activating group) is 1. The standard InChI is InChI=1S/C40H52N6O4/c1-27-18-29(20-33-23-42-24-35(27)33)19-32(39(50)45-17-12-40(26-45)10-15-44(16-11-40)38(49)28(2)41-3)22-36(47)43-13-8-34(9-14-43)46-25-31-7-5-4-6-30(31)21-37(46)48/h4-7,18,20,23,28,32,34,41H,8-17,19,21-22,24-26H2,1-3H3/t28-,32+/m1/s1. The minimum atomic E-state index is -0.454. The molecule has 0 radical (unpaired) electrons. The predicted molar refractivity (Wildman–Crippen MR) is 193 cm³/mol. The number of rotatable bonds is 8. The van der Waals surface area contributed by atoms with Crippen LogP contribution in [-0.2, 0) is 45.1 Å². The largest absolute Gasteiger partial charge is 0.343 e. The van der Waals surface area contributed by atoms with E-state index in [4.69, 9.17) is 0 Å². The van der Waals surface area contributed by atoms with Crippen LogP contribution in [0.5, 0.6) is 0 Å². The average Bonchev–Trinajstić information content (AvgIpc) is 3.78. The highest BCUT2D eigenvalue weighted by atomic mass is 16.2. The number of hydrogen-bond acceptors (Lipinski definition) is 6. The van der Waals surface area contributed by atoms with Gasteiger partial charge in [-0.25, -0.2) is 0 Å². The lowest BCUT2D eigenvalue weighted by Crippen LogP contribution is -2.51. The molecule has 7 rings (SSSR count). The Kier molecular flexibility index (Phi) is 9.83. The molecule has 0 aromatic heterocycles. The molecular formula is C40H52N6O4. The van der Waals surface area contributed by atoms with Crippen LogP contribution in [0.25, 0.3) is 0 Å². The Morgan fingerprint density at radius 3 is 2.36 bits per heavy atom. The number of nitrogens with zero attached hydrogens (tertiary/aromatic N) is 5. The molecule has 10 heteroatoms. The summed E-state index contributed by atoms with van der Waals surface area (Å²) in [6.07, 6.45) is 7.28. The summed E-state index contributed by atoms with van der Waals surface area (Å²) < 4.78 is 0. The number of aliphatic imine (C=N–C) groups is 1. The molecule has 2 aromatic carbocycles. The summed E-state index contributed by atoms with van der Waals surface area (Å²) in [6.45, 7) is 9.34. The maximum Gasteiger partial charge on any atom is 0.239 e. The zero-order valence-corrected chi connectivity index (χ0v) is 30.0. The number of likely N-dealkylation sites (tertiary alicyclic amines) is 3. The van der Waals surface area contributed by atoms with Crippen LogP contribution in [0.2, 0.25) is 0 Å². The molecule has 3 saturated heterocycles. The summed E-state index contributed by atoms with van der Waals surface area (Å²) in [6, 6.07) is 12.4. The first kappa shape index (κ1) is 34.4. The van der Waals surface area contributed by atoms with Gasteiger partial charge in [0.15, 0.2) is 0 Å². The molecule has 266 valence electrons. The Morgan fingerprint density at radius 2 is 1.64 bits per heavy atom. The summed E-state index contributed by atoms with van der Waals surface area (Å²) in [5.41, 5.74) is 6.96. The van der Waals surface area contributed by atoms with Crippen LogP contribution in [-0.4, -0.2) is 108 Å². The fourth-order valence-corrected chi connectivity index (χ4v) is 9.05. The van der Waals surface area contributed by atoms with E-state index in [9.17, 15) is 19.2 Å². The summed E-state index contributed by atoms with van der Waals surface area (Å²) in [4.78, 5) is 66.6. The minimum Gasteiger partial charge on any atom is -0.343 e. The fourth-order valence-electron chi connectivity index (χ4n) is 9.05. The molecule has 0 saturated carbocycles. The number of carbonyl (C=O) groups is 4. The Hall–Kier alpha value is -4.05. The molecule has 0 unspecified atom stereocenters. The monoisotopic (exact) mass is 680 g/mol. The fraction of sp³-hybridized carbons (Fsp3) is 0.575. The van der Waals surface area contributed by atoms with Gasteiger partial charge in [0.2, 0.25) is 23.6 Å². The molecule has 3 fully saturated rings. The van der Waals surface area contributed by atoms with Crippen molar-refractivity contribution in [3.8, 4) is 0 Å². The average molecular weight is 681 g/mol. The summed E-state index contributed by atoms with van der Waals surface area (Å²) in [7, 11) is 1.81. The van der Waals surface area contributed by atoms with Crippen LogP contribution in [0.3, 0.4) is 0 Å². The van der Waals surface area contributed by atoms with E-state index in [1.54, 1.807) is 0 Å². The van der Waals surface area contributed by atoms with Gasteiger partial charge in [0.25, 0.3) is 0 Å². The number of hydrogen-bond donors (Lipinski definition) is 1. The third-order valence-electron chi connectivity index (χ3n) is 12.4. The van der Waals surface area contributed by atoms with E-state index in [1.165, 1.54) is 16.7 Å². The Morgan fingerprint density at radius 1 is 0.940 bits per heavy atom. The number of benzene rings is 2. The molecule has 5 heterocycles. The lowest BCUT2D eigenvalue weighted by atomic mass is 9.77. The highest BCUT2D eigenvalue weighted by Crippen LogP contribution is 2.41. The normalized spacial score (nSPS) is 21.4. The third kappa shape index (κ3) is 6.96. The van der Waals surface area contributed by atoms with Crippen LogP contribution in [0.15, 0.2) is 41.4 Å². The zero-order chi connectivity index (χ0) is 35.0. The zero-order valence-electron chi connectivity index (χ0n) is 30.0. The van der Waals surface area contributed by atoms with Crippen molar-refractivity contribution in [2.45, 2.75) is 90.4 Å². The van der Waals surface area contributed by atoms with Gasteiger partial charge in [0, 0.05) is 64.5 Å². The second kappa shape index (κ2) is 14.3. The van der Waals surface area contributed by atoms with Crippen LogP contribution >= 0.6 is 0 Å². The van der Waals surface area contributed by atoms with Gasteiger partial charge >= 0.3 is 0 Å². The number of carbonyl (C=O) groups excluding carboxylic acids is 4. The van der Waals surface area contributed by atoms with E-state index in [-0.39, 0.29) is 47.5 Å². The van der Waals surface area contributed by atoms with Crippen molar-refractivity contribution in [3.63, 3.8) is 0 Å². The molecule has 1 N–H and O–H groups in total. The Labute approximate surface area is 296 Å². The van der Waals surface area contributed by atoms with E-state index in [2.05, 4.69) is 35.4 Å². The summed E-state index contributed by atoms with van der Waals surface area (Å²) >= 11 is 0. The van der Waals surface area contributed by atoms with Crippen molar-refractivity contribution in [2.75, 3.05) is 46.3 Å². The predicted octanol–water partition coefficient (Wildman–Crippen LogP) is 3.50. The molecule has 50 heavy (non-hydrogen) atoms. The topological polar surface area (TPSA) is 106 Å². The molecule has 5 aliphatic heterocycles. The van der Waals surface area contributed by atoms with E-state index in [0.717, 1.165) is 61.9 Å². The van der Waals surface area contributed by atoms with Crippen LogP contribution in [0.1, 0.15) is 78.8 Å². The molecule has 0 bridgehead atoms. The second-order valence-corrected chi connectivity index (χ2v) is 15.5. The van der Waals surface area contributed by atoms with Gasteiger partial charge in [-0.2, -0.15) is 0 Å². The highest BCUT2D eigenvalue weighted by molar-refractivity contribution is 5.88. The van der Waals surface area contributed by atoms with E-state index >= 15 is 0 Å². The number of nitrogens with one attached hydrogen (secondary N) is 1. The SMILES string of the molecule is CN[C@H](C)C(=O)N1CCC2(CCN(C(=O)[C@H](CC(=O)N3CCC(N4Cc5ccccc5CC4=O)CC3)Cc3cc(C)c4c(c3)C=NC4)C2)CC1. The van der Waals surface area contributed by atoms with Crippen LogP contribution < -0.4 is 5.32 Å². The molecule has 2 aromatic rings. The summed E-state index contributed by atoms with van der Waals surface area (Å²) in [5, 5.41) is 3.06. The van der Waals surface area contributed by atoms with Crippen molar-refractivity contribution in [1.82, 2.24) is 24.9 Å². The maximum atomic E-state index is 14.4. The van der Waals surface area contributed by atoms with Gasteiger partial charge in [0.05, 0.1) is 24.9 Å². The maximum absolute atomic E-state index is 14.4. The van der Waals surface area contributed by atoms with Crippen LogP contribution in [0, 0.1) is 18.3 Å². The Balaban J connectivity index is 1.01. The molecule has 1 spiro atoms. The van der Waals surface area contributed by atoms with Gasteiger partial charge in [0.1, 0.15) is 0 Å². The lowest BCUT2D eigenvalue weighted by molar-refractivity contribution is -0.143. The van der Waals surface area contributed by atoms with Crippen LogP contribution in [0.4, 0.5) is 0 Å². The quantitative estimate of drug-likeness (QED) is 0.460. The summed E-state index contributed by atoms with van der Waals surface area (Å²) in [5.74, 6) is -0.0577. The van der Waals surface area contributed by atoms with E-state index in [0.29, 0.717) is 52.1 Å². The molecule has 0 aliphatic carbocycles. The molecular weight excluding hydrogens is 628 g/mol. The van der Waals surface area contributed by atoms with Crippen molar-refractivity contribution in [1.29, 1.82) is 0 Å². The number of piperidine rings is 2. The van der Waals surface area contributed by atoms with Gasteiger partial charge < -0.3 is 24.9 Å². The van der Waals surface area contributed by atoms with Crippen molar-refractivity contribution < 1.29 is 19.2 Å². The molecule has 2 atom stereocenters. The van der Waals surface area contributed by atoms with Crippen molar-refractivity contribution in [3.05, 3.63) is 69.8 Å². The van der Waals surface area contributed by atoms with Crippen molar-refractivity contribution >= 4 is 29.8 Å². The lowest BCUT2D eigenvalue weighted by Gasteiger charge is -2.41. The van der Waals surface area contributed by atoms with Gasteiger partial charge in [-0.1, -0.05) is 30.3 Å². The van der Waals surface area contributed by atoms with E-state index in [1.807, 2.05) is 58.0 Å². The molecule has 5 aliphatic rings. The Bertz CT molecular complexity index is 1670. The third-order valence-corrected chi connectivity index (χ3v) is 12.4. The molecule has 4 amide bonds. The number of fused-ring (bicyclic) bond motifs is 2. The highest BCUT2D eigenvalue weighted by Gasteiger charge is 2.44. The van der Waals surface area contributed by atoms with E-state index < -0.39 is 5.92 Å². The first-order valence-corrected chi connectivity index (χ1v) is 18.6. The first-order valence-electron chi connectivity index (χ1n) is 18.6. The van der Waals surface area contributed by atoms with Gasteiger partial charge in [-0.15, -0.1) is 0 Å². The molecule has 10 nitrogen and oxygen atoms in total. The van der Waals surface area contributed by atoms with Crippen molar-refractivity contribution in [2.24, 2.45) is 16.3 Å². The number of amides is 4. The van der Waals surface area contributed by atoms with Gasteiger partial charge in [-0.05, 0) is 104 Å². The smallest absolute Gasteiger partial charge is 0.239 e. The minimum absolute atomic E-state index is 0.0240. The first-order chi connectivity index (χ1) is 24.1. The number of aryl methyl sites for hydroxylation is 1. The van der Waals surface area contributed by atoms with Gasteiger partial charge in [-0.3, -0.25) is 24.2 Å².